The van der Waals surface area contributed by atoms with Gasteiger partial charge in [0.15, 0.2) is 0 Å². The highest BCUT2D eigenvalue weighted by atomic mass is 19.4. The molecule has 4 nitrogen and oxygen atoms in total. The Balaban J connectivity index is 1.48. The maximum absolute atomic E-state index is 12.8. The molecule has 0 bridgehead atoms. The van der Waals surface area contributed by atoms with Crippen molar-refractivity contribution in [2.24, 2.45) is 0 Å². The summed E-state index contributed by atoms with van der Waals surface area (Å²) in [6, 6.07) is 21.1. The second kappa shape index (κ2) is 9.32. The van der Waals surface area contributed by atoms with E-state index >= 15 is 0 Å². The third-order valence-electron chi connectivity index (χ3n) is 5.36. The molecule has 4 rings (SSSR count). The van der Waals surface area contributed by atoms with Gasteiger partial charge in [-0.15, -0.1) is 0 Å². The molecule has 1 unspecified atom stereocenters. The molecule has 0 N–H and O–H groups in total. The summed E-state index contributed by atoms with van der Waals surface area (Å²) in [4.78, 5) is 26.0. The largest absolute Gasteiger partial charge is 0.447 e. The van der Waals surface area contributed by atoms with Crippen molar-refractivity contribution in [3.8, 4) is 11.1 Å². The van der Waals surface area contributed by atoms with E-state index < -0.39 is 29.8 Å². The van der Waals surface area contributed by atoms with E-state index in [2.05, 4.69) is 0 Å². The second-order valence-electron chi connectivity index (χ2n) is 7.66. The third-order valence-corrected chi connectivity index (χ3v) is 5.36. The van der Waals surface area contributed by atoms with Crippen LogP contribution in [0.2, 0.25) is 0 Å². The minimum absolute atomic E-state index is 0.136. The summed E-state index contributed by atoms with van der Waals surface area (Å²) in [5, 5.41) is 0. The lowest BCUT2D eigenvalue weighted by molar-refractivity contribution is -0.137. The quantitative estimate of drug-likeness (QED) is 0.449. The number of cyclic esters (lactones) is 1. The van der Waals surface area contributed by atoms with Gasteiger partial charge in [-0.3, -0.25) is 4.79 Å². The topological polar surface area (TPSA) is 46.6 Å². The van der Waals surface area contributed by atoms with E-state index in [1.165, 1.54) is 18.2 Å². The Kier molecular flexibility index (Phi) is 6.31. The van der Waals surface area contributed by atoms with Crippen molar-refractivity contribution in [1.82, 2.24) is 4.90 Å². The van der Waals surface area contributed by atoms with Crippen LogP contribution in [0, 0.1) is 0 Å². The highest BCUT2D eigenvalue weighted by molar-refractivity contribution is 6.02. The molecule has 1 saturated heterocycles. The number of rotatable bonds is 5. The minimum atomic E-state index is -4.39. The van der Waals surface area contributed by atoms with E-state index in [4.69, 9.17) is 4.74 Å². The monoisotopic (exact) mass is 451 g/mol. The zero-order valence-electron chi connectivity index (χ0n) is 17.5. The van der Waals surface area contributed by atoms with Crippen LogP contribution in [0.1, 0.15) is 16.7 Å². The van der Waals surface area contributed by atoms with Gasteiger partial charge in [-0.05, 0) is 52.9 Å². The van der Waals surface area contributed by atoms with Crippen LogP contribution in [0.5, 0.6) is 0 Å². The number of alkyl halides is 3. The summed E-state index contributed by atoms with van der Waals surface area (Å²) in [6.45, 7) is 0.136. The maximum Gasteiger partial charge on any atom is 0.417 e. The van der Waals surface area contributed by atoms with Crippen molar-refractivity contribution in [3.63, 3.8) is 0 Å². The Morgan fingerprint density at radius 2 is 1.70 bits per heavy atom. The summed E-state index contributed by atoms with van der Waals surface area (Å²) in [6.07, 6.45) is -1.70. The van der Waals surface area contributed by atoms with Crippen LogP contribution in [-0.4, -0.2) is 29.5 Å². The van der Waals surface area contributed by atoms with E-state index in [1.807, 2.05) is 30.3 Å². The average molecular weight is 451 g/mol. The first-order valence-electron chi connectivity index (χ1n) is 10.3. The molecule has 1 aliphatic heterocycles. The highest BCUT2D eigenvalue weighted by Crippen LogP contribution is 2.31. The number of halogens is 3. The summed E-state index contributed by atoms with van der Waals surface area (Å²) in [5.41, 5.74) is 2.28. The van der Waals surface area contributed by atoms with E-state index in [1.54, 1.807) is 30.3 Å². The van der Waals surface area contributed by atoms with Crippen molar-refractivity contribution in [2.45, 2.75) is 18.6 Å². The number of ether oxygens (including phenoxy) is 1. The SMILES string of the molecule is O=C(C=Cc1cccc(-c2ccc(C(F)(F)F)cc2)c1)N1C(=O)OCC1Cc1ccccc1. The number of hydrogen-bond donors (Lipinski definition) is 0. The Bertz CT molecular complexity index is 1170. The van der Waals surface area contributed by atoms with Crippen LogP contribution in [0.4, 0.5) is 18.0 Å². The second-order valence-corrected chi connectivity index (χ2v) is 7.66. The van der Waals surface area contributed by atoms with Gasteiger partial charge in [-0.1, -0.05) is 60.7 Å². The molecule has 0 aromatic heterocycles. The average Bonchev–Trinajstić information content (AvgIpc) is 3.17. The van der Waals surface area contributed by atoms with E-state index in [0.29, 0.717) is 23.1 Å². The van der Waals surface area contributed by atoms with Crippen molar-refractivity contribution in [2.75, 3.05) is 6.61 Å². The van der Waals surface area contributed by atoms with Crippen LogP contribution in [0.3, 0.4) is 0 Å². The molecule has 1 heterocycles. The number of amides is 2. The molecular weight excluding hydrogens is 431 g/mol. The molecule has 0 saturated carbocycles. The van der Waals surface area contributed by atoms with Gasteiger partial charge < -0.3 is 4.74 Å². The lowest BCUT2D eigenvalue weighted by atomic mass is 10.0. The van der Waals surface area contributed by atoms with Crippen LogP contribution in [0.25, 0.3) is 17.2 Å². The van der Waals surface area contributed by atoms with Gasteiger partial charge in [-0.25, -0.2) is 9.69 Å². The number of nitrogens with zero attached hydrogens (tertiary/aromatic N) is 1. The highest BCUT2D eigenvalue weighted by Gasteiger charge is 2.36. The maximum atomic E-state index is 12.8. The molecule has 2 amide bonds. The predicted molar refractivity (Wildman–Crippen MR) is 118 cm³/mol. The van der Waals surface area contributed by atoms with Crippen molar-refractivity contribution >= 4 is 18.1 Å². The Labute approximate surface area is 188 Å². The standard InChI is InChI=1S/C26H20F3NO3/c27-26(28,29)22-12-10-20(11-13-22)21-8-4-7-19(15-21)9-14-24(31)30-23(17-33-25(30)32)16-18-5-2-1-3-6-18/h1-15,23H,16-17H2. The van der Waals surface area contributed by atoms with Gasteiger partial charge in [0.2, 0.25) is 0 Å². The lowest BCUT2D eigenvalue weighted by Gasteiger charge is -2.18. The molecular formula is C26H20F3NO3. The first-order chi connectivity index (χ1) is 15.8. The predicted octanol–water partition coefficient (Wildman–Crippen LogP) is 5.98. The van der Waals surface area contributed by atoms with Gasteiger partial charge >= 0.3 is 12.3 Å². The van der Waals surface area contributed by atoms with E-state index in [0.717, 1.165) is 22.6 Å². The fraction of sp³-hybridized carbons (Fsp3) is 0.154. The molecule has 1 atom stereocenters. The summed E-state index contributed by atoms with van der Waals surface area (Å²) in [7, 11) is 0. The number of hydrogen-bond acceptors (Lipinski definition) is 3. The molecule has 1 fully saturated rings. The molecule has 0 radical (unpaired) electrons. The molecule has 1 aliphatic rings. The van der Waals surface area contributed by atoms with E-state index in [-0.39, 0.29) is 6.61 Å². The Morgan fingerprint density at radius 3 is 2.39 bits per heavy atom. The van der Waals surface area contributed by atoms with Gasteiger partial charge in [-0.2, -0.15) is 13.2 Å². The first kappa shape index (κ1) is 22.3. The van der Waals surface area contributed by atoms with Gasteiger partial charge in [0, 0.05) is 6.08 Å². The first-order valence-corrected chi connectivity index (χ1v) is 10.3. The summed E-state index contributed by atoms with van der Waals surface area (Å²) < 4.78 is 43.5. The van der Waals surface area contributed by atoms with E-state index in [9.17, 15) is 22.8 Å². The Hall–Kier alpha value is -3.87. The summed E-state index contributed by atoms with van der Waals surface area (Å²) >= 11 is 0. The molecule has 0 aliphatic carbocycles. The third kappa shape index (κ3) is 5.31. The smallest absolute Gasteiger partial charge is 0.417 e. The summed E-state index contributed by atoms with van der Waals surface area (Å²) in [5.74, 6) is -0.488. The van der Waals surface area contributed by atoms with Gasteiger partial charge in [0.25, 0.3) is 5.91 Å². The molecule has 3 aromatic carbocycles. The van der Waals surface area contributed by atoms with Crippen molar-refractivity contribution in [1.29, 1.82) is 0 Å². The molecule has 33 heavy (non-hydrogen) atoms. The van der Waals surface area contributed by atoms with Crippen molar-refractivity contribution in [3.05, 3.63) is 102 Å². The number of carbonyl (C=O) groups is 2. The van der Waals surface area contributed by atoms with Gasteiger partial charge in [0.1, 0.15) is 6.61 Å². The Morgan fingerprint density at radius 1 is 0.970 bits per heavy atom. The normalized spacial score (nSPS) is 16.3. The molecule has 168 valence electrons. The van der Waals surface area contributed by atoms with Crippen LogP contribution < -0.4 is 0 Å². The minimum Gasteiger partial charge on any atom is -0.447 e. The molecule has 7 heteroatoms. The number of benzene rings is 3. The van der Waals surface area contributed by atoms with Gasteiger partial charge in [0.05, 0.1) is 11.6 Å². The molecule has 0 spiro atoms. The number of carbonyl (C=O) groups excluding carboxylic acids is 2. The van der Waals surface area contributed by atoms with Crippen LogP contribution >= 0.6 is 0 Å². The van der Waals surface area contributed by atoms with Crippen molar-refractivity contribution < 1.29 is 27.5 Å². The van der Waals surface area contributed by atoms with Crippen LogP contribution in [0.15, 0.2) is 84.9 Å². The number of imide groups is 1. The fourth-order valence-electron chi connectivity index (χ4n) is 3.69. The van der Waals surface area contributed by atoms with Crippen LogP contribution in [-0.2, 0) is 22.1 Å². The lowest BCUT2D eigenvalue weighted by Crippen LogP contribution is -2.39. The molecule has 3 aromatic rings. The fourth-order valence-corrected chi connectivity index (χ4v) is 3.69. The zero-order valence-corrected chi connectivity index (χ0v) is 17.5. The zero-order chi connectivity index (χ0) is 23.4.